The molecule has 1 heterocycles. The Kier molecular flexibility index (Phi) is 5.65. The first kappa shape index (κ1) is 18.3. The molecule has 2 rings (SSSR count). The van der Waals surface area contributed by atoms with Crippen LogP contribution in [0, 0.1) is 23.7 Å². The first-order chi connectivity index (χ1) is 11.9. The highest BCUT2D eigenvalue weighted by Gasteiger charge is 2.23. The molecular formula is C17H17N4O3S+. The molecule has 2 aromatic rings. The predicted molar refractivity (Wildman–Crippen MR) is 90.7 cm³/mol. The molecule has 0 saturated heterocycles. The number of allylic oxidation sites excluding steroid dienone is 1. The number of nitrogens with one attached hydrogen (secondary N) is 1. The van der Waals surface area contributed by atoms with E-state index in [9.17, 15) is 8.42 Å². The number of aromatic nitrogens is 2. The minimum absolute atomic E-state index is 0.101. The van der Waals surface area contributed by atoms with Crippen LogP contribution in [-0.4, -0.2) is 26.0 Å². The summed E-state index contributed by atoms with van der Waals surface area (Å²) in [5, 5.41) is 20.1. The van der Waals surface area contributed by atoms with Crippen molar-refractivity contribution in [3.8, 4) is 11.9 Å². The van der Waals surface area contributed by atoms with Crippen molar-refractivity contribution < 1.29 is 17.8 Å². The summed E-state index contributed by atoms with van der Waals surface area (Å²) >= 11 is 0. The summed E-state index contributed by atoms with van der Waals surface area (Å²) in [6, 6.07) is 9.89. The minimum Gasteiger partial charge on any atom is -0.474 e. The van der Waals surface area contributed by atoms with E-state index in [1.165, 1.54) is 12.3 Å². The molecule has 1 aromatic heterocycles. The molecule has 25 heavy (non-hydrogen) atoms. The van der Waals surface area contributed by atoms with Crippen molar-refractivity contribution in [2.75, 3.05) is 6.61 Å². The van der Waals surface area contributed by atoms with Crippen LogP contribution in [0.3, 0.4) is 0 Å². The van der Waals surface area contributed by atoms with E-state index in [4.69, 9.17) is 15.4 Å². The molecule has 0 atom stereocenters. The molecule has 0 aliphatic carbocycles. The fourth-order valence-corrected chi connectivity index (χ4v) is 3.44. The van der Waals surface area contributed by atoms with E-state index in [1.807, 2.05) is 12.8 Å². The van der Waals surface area contributed by atoms with E-state index in [-0.39, 0.29) is 28.8 Å². The standard InChI is InChI=1S/C17H17N4O3S/c1-3-24-17-14(8-9-21(20-17)15(10-18)11-19)12-25(22,23)16-6-4-13(2)5-7-16/h4-9,18H,3,12H2,1-2H3/q+1. The molecule has 0 unspecified atom stereocenters. The number of benzene rings is 1. The molecule has 1 N–H and O–H groups in total. The lowest BCUT2D eigenvalue weighted by molar-refractivity contribution is -0.642. The van der Waals surface area contributed by atoms with Gasteiger partial charge in [0, 0.05) is 16.7 Å². The fraction of sp³-hybridized carbons (Fsp3) is 0.235. The van der Waals surface area contributed by atoms with Gasteiger partial charge in [0.05, 0.1) is 23.1 Å². The number of nitriles is 1. The van der Waals surface area contributed by atoms with Gasteiger partial charge in [0.25, 0.3) is 5.88 Å². The summed E-state index contributed by atoms with van der Waals surface area (Å²) in [7, 11) is -3.57. The summed E-state index contributed by atoms with van der Waals surface area (Å²) in [4.78, 5) is 0.217. The summed E-state index contributed by atoms with van der Waals surface area (Å²) in [5.41, 5.74) is 1.22. The van der Waals surface area contributed by atoms with Gasteiger partial charge in [-0.2, -0.15) is 5.26 Å². The number of rotatable bonds is 6. The van der Waals surface area contributed by atoms with Crippen LogP contribution >= 0.6 is 0 Å². The highest BCUT2D eigenvalue weighted by molar-refractivity contribution is 7.90. The average Bonchev–Trinajstić information content (AvgIpc) is 2.58. The Bertz CT molecular complexity index is 970. The molecule has 0 fully saturated rings. The first-order valence-corrected chi connectivity index (χ1v) is 9.10. The third kappa shape index (κ3) is 4.29. The van der Waals surface area contributed by atoms with Crippen molar-refractivity contribution in [2.24, 2.45) is 0 Å². The van der Waals surface area contributed by atoms with Crippen molar-refractivity contribution in [2.45, 2.75) is 24.5 Å². The Hall–Kier alpha value is -3.01. The maximum Gasteiger partial charge on any atom is 0.376 e. The summed E-state index contributed by atoms with van der Waals surface area (Å²) < 4.78 is 31.8. The van der Waals surface area contributed by atoms with Gasteiger partial charge in [0.15, 0.2) is 15.9 Å². The monoisotopic (exact) mass is 357 g/mol. The van der Waals surface area contributed by atoms with Crippen molar-refractivity contribution >= 4 is 21.4 Å². The average molecular weight is 357 g/mol. The number of aryl methyl sites for hydroxylation is 1. The van der Waals surface area contributed by atoms with Crippen LogP contribution in [0.2, 0.25) is 0 Å². The largest absolute Gasteiger partial charge is 0.474 e. The highest BCUT2D eigenvalue weighted by Crippen LogP contribution is 2.21. The zero-order valence-electron chi connectivity index (χ0n) is 13.9. The molecular weight excluding hydrogens is 340 g/mol. The van der Waals surface area contributed by atoms with Crippen LogP contribution in [0.4, 0.5) is 0 Å². The van der Waals surface area contributed by atoms with Crippen molar-refractivity contribution in [1.29, 1.82) is 10.7 Å². The first-order valence-electron chi connectivity index (χ1n) is 7.45. The molecule has 7 nitrogen and oxygen atoms in total. The second-order valence-electron chi connectivity index (χ2n) is 5.18. The summed E-state index contributed by atoms with van der Waals surface area (Å²) in [6.07, 6.45) is 1.41. The molecule has 8 heteroatoms. The van der Waals surface area contributed by atoms with Gasteiger partial charge in [0.1, 0.15) is 0 Å². The predicted octanol–water partition coefficient (Wildman–Crippen LogP) is 1.66. The quantitative estimate of drug-likeness (QED) is 0.480. The molecule has 0 radical (unpaired) electrons. The molecule has 0 amide bonds. The molecule has 0 aliphatic rings. The zero-order chi connectivity index (χ0) is 18.4. The Morgan fingerprint density at radius 3 is 2.56 bits per heavy atom. The number of hydrogen-bond donors (Lipinski definition) is 1. The maximum absolute atomic E-state index is 12.6. The van der Waals surface area contributed by atoms with Gasteiger partial charge in [-0.3, -0.25) is 5.41 Å². The Balaban J connectivity index is 2.43. The maximum atomic E-state index is 12.6. The topological polar surface area (TPSA) is 108 Å². The van der Waals surface area contributed by atoms with E-state index in [0.29, 0.717) is 5.56 Å². The lowest BCUT2D eigenvalue weighted by atomic mass is 10.2. The SMILES string of the molecule is CCOc1n[n+](C(=C=N)C#N)ccc1CS(=O)(=O)c1ccc(C)cc1. The molecule has 0 spiro atoms. The third-order valence-corrected chi connectivity index (χ3v) is 5.03. The van der Waals surface area contributed by atoms with Crippen LogP contribution in [0.25, 0.3) is 5.70 Å². The third-order valence-electron chi connectivity index (χ3n) is 3.35. The second-order valence-corrected chi connectivity index (χ2v) is 7.17. The van der Waals surface area contributed by atoms with Crippen LogP contribution in [0.5, 0.6) is 5.88 Å². The van der Waals surface area contributed by atoms with Gasteiger partial charge >= 0.3 is 5.70 Å². The number of hydrogen-bond acceptors (Lipinski definition) is 6. The van der Waals surface area contributed by atoms with E-state index in [2.05, 4.69) is 5.10 Å². The fourth-order valence-electron chi connectivity index (χ4n) is 2.09. The Morgan fingerprint density at radius 2 is 2.00 bits per heavy atom. The lowest BCUT2D eigenvalue weighted by Gasteiger charge is -2.08. The van der Waals surface area contributed by atoms with Gasteiger partial charge < -0.3 is 4.74 Å². The van der Waals surface area contributed by atoms with E-state index >= 15 is 0 Å². The molecule has 0 saturated carbocycles. The number of sulfone groups is 1. The van der Waals surface area contributed by atoms with Crippen LogP contribution in [0.15, 0.2) is 41.4 Å². The van der Waals surface area contributed by atoms with Gasteiger partial charge in [-0.05, 0) is 30.7 Å². The van der Waals surface area contributed by atoms with Crippen LogP contribution < -0.4 is 9.42 Å². The van der Waals surface area contributed by atoms with Gasteiger partial charge in [0.2, 0.25) is 6.20 Å². The van der Waals surface area contributed by atoms with Crippen molar-refractivity contribution in [1.82, 2.24) is 5.10 Å². The Morgan fingerprint density at radius 1 is 1.32 bits per heavy atom. The molecule has 0 bridgehead atoms. The molecule has 0 aliphatic heterocycles. The number of nitrogens with zero attached hydrogens (tertiary/aromatic N) is 3. The normalized spacial score (nSPS) is 10.6. The highest BCUT2D eigenvalue weighted by atomic mass is 32.2. The molecule has 1 aromatic carbocycles. The molecule has 128 valence electrons. The minimum atomic E-state index is -3.57. The van der Waals surface area contributed by atoms with E-state index in [0.717, 1.165) is 10.2 Å². The van der Waals surface area contributed by atoms with Crippen LogP contribution in [0.1, 0.15) is 18.1 Å². The van der Waals surface area contributed by atoms with E-state index < -0.39 is 9.84 Å². The zero-order valence-corrected chi connectivity index (χ0v) is 14.7. The van der Waals surface area contributed by atoms with Crippen molar-refractivity contribution in [3.63, 3.8) is 0 Å². The van der Waals surface area contributed by atoms with Crippen LogP contribution in [-0.2, 0) is 15.6 Å². The number of ether oxygens (including phenoxy) is 1. The van der Waals surface area contributed by atoms with Crippen molar-refractivity contribution in [3.05, 3.63) is 47.7 Å². The Labute approximate surface area is 146 Å². The van der Waals surface area contributed by atoms with E-state index in [1.54, 1.807) is 37.3 Å². The summed E-state index contributed by atoms with van der Waals surface area (Å²) in [6.45, 7) is 3.91. The summed E-state index contributed by atoms with van der Waals surface area (Å²) in [5.74, 6) is 1.79. The van der Waals surface area contributed by atoms with Gasteiger partial charge in [-0.1, -0.05) is 17.7 Å². The smallest absolute Gasteiger partial charge is 0.376 e. The second kappa shape index (κ2) is 7.71. The lowest BCUT2D eigenvalue weighted by Crippen LogP contribution is -2.37. The van der Waals surface area contributed by atoms with Gasteiger partial charge in [-0.25, -0.2) is 8.42 Å². The van der Waals surface area contributed by atoms with Gasteiger partial charge in [-0.15, -0.1) is 0 Å².